The van der Waals surface area contributed by atoms with Crippen molar-refractivity contribution in [3.63, 3.8) is 0 Å². The molecular formula is C16H16N2O2. The van der Waals surface area contributed by atoms with Crippen LogP contribution >= 0.6 is 0 Å². The average molecular weight is 268 g/mol. The lowest BCUT2D eigenvalue weighted by atomic mass is 10.1. The van der Waals surface area contributed by atoms with Crippen molar-refractivity contribution in [2.24, 2.45) is 5.73 Å². The van der Waals surface area contributed by atoms with Crippen LogP contribution < -0.4 is 11.1 Å². The Hall–Kier alpha value is -2.62. The number of benzene rings is 2. The van der Waals surface area contributed by atoms with Crippen molar-refractivity contribution >= 4 is 11.8 Å². The second-order valence-electron chi connectivity index (χ2n) is 4.55. The van der Waals surface area contributed by atoms with Crippen LogP contribution in [0.25, 0.3) is 0 Å². The summed E-state index contributed by atoms with van der Waals surface area (Å²) >= 11 is 0. The topological polar surface area (TPSA) is 72.2 Å². The third kappa shape index (κ3) is 3.23. The zero-order valence-electron chi connectivity index (χ0n) is 11.2. The van der Waals surface area contributed by atoms with Crippen molar-refractivity contribution in [1.82, 2.24) is 5.32 Å². The number of nitrogens with one attached hydrogen (secondary N) is 1. The first-order valence-corrected chi connectivity index (χ1v) is 6.33. The number of hydrogen-bond donors (Lipinski definition) is 2. The summed E-state index contributed by atoms with van der Waals surface area (Å²) in [4.78, 5) is 23.0. The third-order valence-corrected chi connectivity index (χ3v) is 3.08. The minimum atomic E-state index is -0.505. The summed E-state index contributed by atoms with van der Waals surface area (Å²) < 4.78 is 0. The van der Waals surface area contributed by atoms with Crippen LogP contribution in [-0.4, -0.2) is 11.8 Å². The number of primary amides is 1. The molecule has 0 saturated carbocycles. The first-order chi connectivity index (χ1) is 9.58. The van der Waals surface area contributed by atoms with Gasteiger partial charge in [-0.3, -0.25) is 9.59 Å². The first kappa shape index (κ1) is 13.8. The van der Waals surface area contributed by atoms with Crippen molar-refractivity contribution in [3.05, 3.63) is 71.3 Å². The summed E-state index contributed by atoms with van der Waals surface area (Å²) in [6.45, 7) is 1.92. The van der Waals surface area contributed by atoms with Crippen molar-refractivity contribution < 1.29 is 9.59 Å². The van der Waals surface area contributed by atoms with Gasteiger partial charge in [0, 0.05) is 11.1 Å². The maximum Gasteiger partial charge on any atom is 0.251 e. The van der Waals surface area contributed by atoms with E-state index in [0.29, 0.717) is 11.1 Å². The number of carbonyl (C=O) groups is 2. The molecule has 0 saturated heterocycles. The van der Waals surface area contributed by atoms with Crippen LogP contribution in [0, 0.1) is 0 Å². The molecule has 4 nitrogen and oxygen atoms in total. The zero-order chi connectivity index (χ0) is 14.5. The van der Waals surface area contributed by atoms with Gasteiger partial charge in [-0.2, -0.15) is 0 Å². The van der Waals surface area contributed by atoms with Crippen LogP contribution in [0.4, 0.5) is 0 Å². The molecule has 0 aliphatic rings. The van der Waals surface area contributed by atoms with E-state index in [4.69, 9.17) is 5.73 Å². The normalized spacial score (nSPS) is 11.7. The predicted octanol–water partition coefficient (Wildman–Crippen LogP) is 2.28. The van der Waals surface area contributed by atoms with Gasteiger partial charge in [-0.1, -0.05) is 30.3 Å². The second-order valence-corrected chi connectivity index (χ2v) is 4.55. The van der Waals surface area contributed by atoms with E-state index in [0.717, 1.165) is 5.56 Å². The Morgan fingerprint density at radius 2 is 1.50 bits per heavy atom. The van der Waals surface area contributed by atoms with E-state index >= 15 is 0 Å². The Kier molecular flexibility index (Phi) is 4.15. The van der Waals surface area contributed by atoms with Gasteiger partial charge in [0.1, 0.15) is 0 Å². The maximum absolute atomic E-state index is 12.1. The van der Waals surface area contributed by atoms with Crippen LogP contribution in [0.15, 0.2) is 54.6 Å². The molecule has 0 heterocycles. The lowest BCUT2D eigenvalue weighted by Gasteiger charge is -2.14. The molecule has 0 radical (unpaired) electrons. The van der Waals surface area contributed by atoms with Gasteiger partial charge < -0.3 is 11.1 Å². The van der Waals surface area contributed by atoms with Crippen LogP contribution in [0.3, 0.4) is 0 Å². The Bertz CT molecular complexity index is 606. The summed E-state index contributed by atoms with van der Waals surface area (Å²) in [5, 5.41) is 2.91. The van der Waals surface area contributed by atoms with E-state index in [1.165, 1.54) is 0 Å². The SMILES string of the molecule is CC(NC(=O)c1ccc(C(N)=O)cc1)c1ccccc1. The number of nitrogens with two attached hydrogens (primary N) is 1. The van der Waals surface area contributed by atoms with Crippen LogP contribution in [0.1, 0.15) is 39.2 Å². The molecule has 0 fully saturated rings. The standard InChI is InChI=1S/C16H16N2O2/c1-11(12-5-3-2-4-6-12)18-16(20)14-9-7-13(8-10-14)15(17)19/h2-11H,1H3,(H2,17,19)(H,18,20). The number of rotatable bonds is 4. The minimum absolute atomic E-state index is 0.0838. The molecule has 2 aromatic rings. The predicted molar refractivity (Wildman–Crippen MR) is 77.3 cm³/mol. The number of amides is 2. The molecular weight excluding hydrogens is 252 g/mol. The fourth-order valence-electron chi connectivity index (χ4n) is 1.89. The molecule has 1 atom stereocenters. The maximum atomic E-state index is 12.1. The minimum Gasteiger partial charge on any atom is -0.366 e. The molecule has 0 aliphatic heterocycles. The van der Waals surface area contributed by atoms with Gasteiger partial charge in [-0.15, -0.1) is 0 Å². The van der Waals surface area contributed by atoms with Gasteiger partial charge in [0.15, 0.2) is 0 Å². The molecule has 0 bridgehead atoms. The molecule has 3 N–H and O–H groups in total. The molecule has 102 valence electrons. The summed E-state index contributed by atoms with van der Waals surface area (Å²) in [6, 6.07) is 15.9. The fraction of sp³-hybridized carbons (Fsp3) is 0.125. The highest BCUT2D eigenvalue weighted by Gasteiger charge is 2.11. The van der Waals surface area contributed by atoms with Crippen LogP contribution in [-0.2, 0) is 0 Å². The Labute approximate surface area is 117 Å². The Morgan fingerprint density at radius 1 is 0.950 bits per heavy atom. The van der Waals surface area contributed by atoms with Crippen LogP contribution in [0.5, 0.6) is 0 Å². The fourth-order valence-corrected chi connectivity index (χ4v) is 1.89. The largest absolute Gasteiger partial charge is 0.366 e. The van der Waals surface area contributed by atoms with E-state index in [9.17, 15) is 9.59 Å². The van der Waals surface area contributed by atoms with Gasteiger partial charge >= 0.3 is 0 Å². The average Bonchev–Trinajstić information content (AvgIpc) is 2.48. The highest BCUT2D eigenvalue weighted by Crippen LogP contribution is 2.12. The van der Waals surface area contributed by atoms with E-state index in [2.05, 4.69) is 5.32 Å². The van der Waals surface area contributed by atoms with Crippen molar-refractivity contribution in [3.8, 4) is 0 Å². The smallest absolute Gasteiger partial charge is 0.251 e. The van der Waals surface area contributed by atoms with E-state index in [1.54, 1.807) is 24.3 Å². The van der Waals surface area contributed by atoms with E-state index in [-0.39, 0.29) is 11.9 Å². The molecule has 2 aromatic carbocycles. The van der Waals surface area contributed by atoms with Gasteiger partial charge in [-0.25, -0.2) is 0 Å². The molecule has 2 rings (SSSR count). The summed E-state index contributed by atoms with van der Waals surface area (Å²) in [6.07, 6.45) is 0. The first-order valence-electron chi connectivity index (χ1n) is 6.33. The van der Waals surface area contributed by atoms with Gasteiger partial charge in [0.25, 0.3) is 5.91 Å². The molecule has 20 heavy (non-hydrogen) atoms. The summed E-state index contributed by atoms with van der Waals surface area (Å²) in [5.41, 5.74) is 7.08. The molecule has 1 unspecified atom stereocenters. The van der Waals surface area contributed by atoms with E-state index < -0.39 is 5.91 Å². The molecule has 0 spiro atoms. The van der Waals surface area contributed by atoms with Crippen molar-refractivity contribution in [2.45, 2.75) is 13.0 Å². The van der Waals surface area contributed by atoms with Gasteiger partial charge in [-0.05, 0) is 36.8 Å². The van der Waals surface area contributed by atoms with Crippen molar-refractivity contribution in [1.29, 1.82) is 0 Å². The molecule has 4 heteroatoms. The van der Waals surface area contributed by atoms with Gasteiger partial charge in [0.05, 0.1) is 6.04 Å². The van der Waals surface area contributed by atoms with Crippen LogP contribution in [0.2, 0.25) is 0 Å². The quantitative estimate of drug-likeness (QED) is 0.892. The number of hydrogen-bond acceptors (Lipinski definition) is 2. The molecule has 2 amide bonds. The molecule has 0 aliphatic carbocycles. The molecule has 0 aromatic heterocycles. The second kappa shape index (κ2) is 6.02. The monoisotopic (exact) mass is 268 g/mol. The van der Waals surface area contributed by atoms with Gasteiger partial charge in [0.2, 0.25) is 5.91 Å². The highest BCUT2D eigenvalue weighted by molar-refractivity contribution is 5.97. The number of carbonyl (C=O) groups excluding carboxylic acids is 2. The highest BCUT2D eigenvalue weighted by atomic mass is 16.2. The lowest BCUT2D eigenvalue weighted by molar-refractivity contribution is 0.0937. The van der Waals surface area contributed by atoms with Crippen molar-refractivity contribution in [2.75, 3.05) is 0 Å². The zero-order valence-corrected chi connectivity index (χ0v) is 11.2. The summed E-state index contributed by atoms with van der Waals surface area (Å²) in [7, 11) is 0. The lowest BCUT2D eigenvalue weighted by Crippen LogP contribution is -2.26. The Balaban J connectivity index is 2.06. The van der Waals surface area contributed by atoms with E-state index in [1.807, 2.05) is 37.3 Å². The Morgan fingerprint density at radius 3 is 2.05 bits per heavy atom. The summed E-state index contributed by atoms with van der Waals surface area (Å²) in [5.74, 6) is -0.688. The third-order valence-electron chi connectivity index (χ3n) is 3.08.